The third kappa shape index (κ3) is 39.3. The summed E-state index contributed by atoms with van der Waals surface area (Å²) in [6, 6.07) is -0.824. The first-order valence-corrected chi connectivity index (χ1v) is 27.6. The first kappa shape index (κ1) is 65.1. The lowest BCUT2D eigenvalue weighted by Gasteiger charge is -2.40. The van der Waals surface area contributed by atoms with Crippen LogP contribution in [-0.2, 0) is 14.3 Å². The molecule has 6 N–H and O–H groups in total. The Morgan fingerprint density at radius 2 is 0.873 bits per heavy atom. The van der Waals surface area contributed by atoms with Gasteiger partial charge in [0, 0.05) is 6.42 Å². The molecule has 7 atom stereocenters. The fourth-order valence-corrected chi connectivity index (χ4v) is 7.57. The molecule has 0 saturated carbocycles. The number of carbonyl (C=O) groups is 1. The molecule has 1 aliphatic heterocycles. The van der Waals surface area contributed by atoms with Gasteiger partial charge in [-0.15, -0.1) is 0 Å². The number of aliphatic hydroxyl groups is 5. The van der Waals surface area contributed by atoms with Gasteiger partial charge < -0.3 is 40.3 Å². The smallest absolute Gasteiger partial charge is 0.220 e. The molecule has 9 nitrogen and oxygen atoms in total. The molecule has 1 amide bonds. The highest BCUT2D eigenvalue weighted by molar-refractivity contribution is 5.76. The molecule has 9 heteroatoms. The van der Waals surface area contributed by atoms with Crippen molar-refractivity contribution in [3.05, 3.63) is 146 Å². The monoisotopic (exact) mass is 986 g/mol. The summed E-state index contributed by atoms with van der Waals surface area (Å²) >= 11 is 0. The Kier molecular flexibility index (Phi) is 45.5. The van der Waals surface area contributed by atoms with E-state index in [4.69, 9.17) is 9.47 Å². The maximum Gasteiger partial charge on any atom is 0.220 e. The summed E-state index contributed by atoms with van der Waals surface area (Å²) in [7, 11) is 0. The summed E-state index contributed by atoms with van der Waals surface area (Å²) in [5, 5.41) is 54.1. The topological polar surface area (TPSA) is 149 Å². The van der Waals surface area contributed by atoms with Crippen LogP contribution < -0.4 is 5.32 Å². The van der Waals surface area contributed by atoms with Crippen molar-refractivity contribution in [2.75, 3.05) is 13.2 Å². The van der Waals surface area contributed by atoms with Crippen LogP contribution in [0.15, 0.2) is 146 Å². The molecule has 7 unspecified atom stereocenters. The highest BCUT2D eigenvalue weighted by Crippen LogP contribution is 2.22. The average molecular weight is 986 g/mol. The molecule has 0 aromatic heterocycles. The normalized spacial score (nSPS) is 20.5. The van der Waals surface area contributed by atoms with Crippen molar-refractivity contribution in [2.45, 2.75) is 224 Å². The van der Waals surface area contributed by atoms with Gasteiger partial charge in [0.15, 0.2) is 6.29 Å². The predicted molar refractivity (Wildman–Crippen MR) is 299 cm³/mol. The van der Waals surface area contributed by atoms with E-state index in [1.54, 1.807) is 6.08 Å². The van der Waals surface area contributed by atoms with E-state index in [9.17, 15) is 30.3 Å². The van der Waals surface area contributed by atoms with Crippen LogP contribution in [0.2, 0.25) is 0 Å². The van der Waals surface area contributed by atoms with Crippen LogP contribution >= 0.6 is 0 Å². The van der Waals surface area contributed by atoms with Crippen molar-refractivity contribution < 1.29 is 39.8 Å². The van der Waals surface area contributed by atoms with Crippen LogP contribution in [0, 0.1) is 0 Å². The number of aliphatic hydroxyl groups excluding tert-OH is 5. The van der Waals surface area contributed by atoms with Crippen LogP contribution in [-0.4, -0.2) is 87.5 Å². The molecule has 1 heterocycles. The van der Waals surface area contributed by atoms with Crippen molar-refractivity contribution in [1.82, 2.24) is 5.32 Å². The molecule has 1 saturated heterocycles. The zero-order valence-electron chi connectivity index (χ0n) is 44.2. The van der Waals surface area contributed by atoms with Crippen molar-refractivity contribution in [1.29, 1.82) is 0 Å². The van der Waals surface area contributed by atoms with Gasteiger partial charge in [0.25, 0.3) is 0 Å². The zero-order chi connectivity index (χ0) is 51.5. The van der Waals surface area contributed by atoms with Gasteiger partial charge in [-0.1, -0.05) is 217 Å². The third-order valence-electron chi connectivity index (χ3n) is 11.9. The van der Waals surface area contributed by atoms with E-state index in [-0.39, 0.29) is 12.5 Å². The van der Waals surface area contributed by atoms with Crippen molar-refractivity contribution in [2.24, 2.45) is 0 Å². The quantitative estimate of drug-likeness (QED) is 0.0261. The molecule has 0 spiro atoms. The summed E-state index contributed by atoms with van der Waals surface area (Å²) in [6.07, 6.45) is 70.7. The Labute approximate surface area is 432 Å². The lowest BCUT2D eigenvalue weighted by atomic mass is 9.99. The molecule has 0 aliphatic carbocycles. The van der Waals surface area contributed by atoms with Crippen molar-refractivity contribution in [3.8, 4) is 0 Å². The highest BCUT2D eigenvalue weighted by atomic mass is 16.7. The molecule has 0 aromatic carbocycles. The Morgan fingerprint density at radius 1 is 0.493 bits per heavy atom. The number of hydrogen-bond donors (Lipinski definition) is 6. The Morgan fingerprint density at radius 3 is 1.30 bits per heavy atom. The molecule has 1 aliphatic rings. The van der Waals surface area contributed by atoms with Gasteiger partial charge in [0.2, 0.25) is 5.91 Å². The third-order valence-corrected chi connectivity index (χ3v) is 11.9. The number of ether oxygens (including phenoxy) is 2. The summed E-state index contributed by atoms with van der Waals surface area (Å²) < 4.78 is 11.2. The summed E-state index contributed by atoms with van der Waals surface area (Å²) in [4.78, 5) is 13.0. The van der Waals surface area contributed by atoms with E-state index in [2.05, 4.69) is 153 Å². The molecule has 1 rings (SSSR count). The lowest BCUT2D eigenvalue weighted by molar-refractivity contribution is -0.302. The molecular formula is C62H99NO8. The van der Waals surface area contributed by atoms with E-state index < -0.39 is 49.5 Å². The maximum atomic E-state index is 13.0. The number of amides is 1. The largest absolute Gasteiger partial charge is 0.394 e. The minimum absolute atomic E-state index is 0.206. The van der Waals surface area contributed by atoms with E-state index in [0.717, 1.165) is 128 Å². The number of carbonyl (C=O) groups excluding carboxylic acids is 1. The number of allylic oxidation sites excluding steroid dienone is 23. The van der Waals surface area contributed by atoms with Crippen molar-refractivity contribution >= 4 is 5.91 Å². The first-order valence-electron chi connectivity index (χ1n) is 27.6. The summed E-state index contributed by atoms with van der Waals surface area (Å²) in [5.74, 6) is -0.206. The summed E-state index contributed by atoms with van der Waals surface area (Å²) in [6.45, 7) is 3.59. The van der Waals surface area contributed by atoms with Crippen LogP contribution in [0.1, 0.15) is 181 Å². The highest BCUT2D eigenvalue weighted by Gasteiger charge is 2.44. The van der Waals surface area contributed by atoms with Crippen molar-refractivity contribution in [3.63, 3.8) is 0 Å². The average Bonchev–Trinajstić information content (AvgIpc) is 3.37. The molecule has 0 radical (unpaired) electrons. The SMILES string of the molecule is CC/C=C\C/C=C\C/C=C\C/C=C\C/C=C\C/C=C\C/C=C\C/C=C\C/C=C\C/C=C\C/C=C\CCCCCCCC(=O)NC(COC1OC(CO)C(O)C(O)C1O)C(O)/C=C/CCCCCCCCC. The fourth-order valence-electron chi connectivity index (χ4n) is 7.57. The first-order chi connectivity index (χ1) is 34.8. The molecule has 400 valence electrons. The molecule has 0 bridgehead atoms. The number of unbranched alkanes of at least 4 members (excludes halogenated alkanes) is 12. The minimum Gasteiger partial charge on any atom is -0.394 e. The molecular weight excluding hydrogens is 887 g/mol. The second-order valence-corrected chi connectivity index (χ2v) is 18.3. The number of rotatable bonds is 44. The van der Waals surface area contributed by atoms with Crippen LogP contribution in [0.25, 0.3) is 0 Å². The molecule has 1 fully saturated rings. The van der Waals surface area contributed by atoms with Gasteiger partial charge in [0.1, 0.15) is 24.4 Å². The van der Waals surface area contributed by atoms with Gasteiger partial charge in [-0.25, -0.2) is 0 Å². The molecule has 0 aromatic rings. The van der Waals surface area contributed by atoms with Gasteiger partial charge in [0.05, 0.1) is 25.4 Å². The zero-order valence-corrected chi connectivity index (χ0v) is 44.2. The van der Waals surface area contributed by atoms with E-state index in [1.165, 1.54) is 32.1 Å². The second kappa shape index (κ2) is 49.6. The Bertz CT molecular complexity index is 1610. The van der Waals surface area contributed by atoms with E-state index in [1.807, 2.05) is 6.08 Å². The second-order valence-electron chi connectivity index (χ2n) is 18.3. The standard InChI is InChI=1S/C62H99NO8/c1-3-5-7-9-11-13-14-15-16-17-18-19-20-21-22-23-24-25-26-27-28-29-30-31-32-33-34-35-36-37-38-39-40-41-42-44-46-48-50-52-58(66)63-55(56(65)51-49-47-45-43-12-10-8-6-4-2)54-70-62-61(69)60(68)59(67)57(53-64)71-62/h5,7,11,13,15-16,18-19,21-22,24-25,27-28,30-31,33-34,36-37,39-40,49,51,55-57,59-62,64-65,67-69H,3-4,6,8-10,12,14,17,20,23,26,29,32,35,38,41-48,50,52-54H2,1-2H3,(H,63,66)/b7-5-,13-11-,16-15-,19-18-,22-21-,25-24-,28-27-,31-30-,34-33-,37-36-,40-39-,51-49+. The van der Waals surface area contributed by atoms with Gasteiger partial charge >= 0.3 is 0 Å². The lowest BCUT2D eigenvalue weighted by Crippen LogP contribution is -2.60. The Hall–Kier alpha value is -3.93. The maximum absolute atomic E-state index is 13.0. The van der Waals surface area contributed by atoms with Gasteiger partial charge in [-0.2, -0.15) is 0 Å². The van der Waals surface area contributed by atoms with Crippen LogP contribution in [0.4, 0.5) is 0 Å². The molecule has 71 heavy (non-hydrogen) atoms. The predicted octanol–water partition coefficient (Wildman–Crippen LogP) is 13.5. The van der Waals surface area contributed by atoms with Crippen LogP contribution in [0.5, 0.6) is 0 Å². The minimum atomic E-state index is -1.58. The van der Waals surface area contributed by atoms with Gasteiger partial charge in [-0.3, -0.25) is 4.79 Å². The number of hydrogen-bond acceptors (Lipinski definition) is 8. The fraction of sp³-hybridized carbons (Fsp3) is 0.597. The van der Waals surface area contributed by atoms with E-state index >= 15 is 0 Å². The summed E-state index contributed by atoms with van der Waals surface area (Å²) in [5.41, 5.74) is 0. The van der Waals surface area contributed by atoms with Crippen LogP contribution in [0.3, 0.4) is 0 Å². The van der Waals surface area contributed by atoms with E-state index in [0.29, 0.717) is 6.42 Å². The van der Waals surface area contributed by atoms with Gasteiger partial charge in [-0.05, 0) is 103 Å². The Balaban J connectivity index is 2.17. The number of nitrogens with one attached hydrogen (secondary N) is 1.